The van der Waals surface area contributed by atoms with Gasteiger partial charge in [-0.1, -0.05) is 13.8 Å². The zero-order chi connectivity index (χ0) is 13.2. The van der Waals surface area contributed by atoms with E-state index in [1.807, 2.05) is 4.90 Å². The number of nitrogens with one attached hydrogen (secondary N) is 1. The van der Waals surface area contributed by atoms with Gasteiger partial charge in [0.25, 0.3) is 0 Å². The normalized spacial score (nSPS) is 25.7. The Bertz CT molecular complexity index is 265. The summed E-state index contributed by atoms with van der Waals surface area (Å²) in [5.74, 6) is 0.613. The lowest BCUT2D eigenvalue weighted by atomic mass is 10.1. The van der Waals surface area contributed by atoms with Crippen molar-refractivity contribution in [2.75, 3.05) is 20.1 Å². The number of likely N-dealkylation sites (N-methyl/N-ethyl adjacent to an activating group) is 1. The van der Waals surface area contributed by atoms with Crippen LogP contribution >= 0.6 is 0 Å². The molecule has 1 aliphatic rings. The van der Waals surface area contributed by atoms with Gasteiger partial charge in [0.05, 0.1) is 12.2 Å². The van der Waals surface area contributed by atoms with Gasteiger partial charge in [-0.15, -0.1) is 0 Å². The summed E-state index contributed by atoms with van der Waals surface area (Å²) in [6.45, 7) is 12.3. The predicted octanol–water partition coefficient (Wildman–Crippen LogP) is 1.13. The molecule has 1 heterocycles. The molecule has 0 bridgehead atoms. The molecular formula is C13H27N3O. The van der Waals surface area contributed by atoms with E-state index in [0.29, 0.717) is 12.0 Å². The highest BCUT2D eigenvalue weighted by atomic mass is 16.2. The van der Waals surface area contributed by atoms with Crippen molar-refractivity contribution in [3.05, 3.63) is 0 Å². The minimum absolute atomic E-state index is 0.00523. The quantitative estimate of drug-likeness (QED) is 0.784. The van der Waals surface area contributed by atoms with Gasteiger partial charge in [-0.25, -0.2) is 0 Å². The van der Waals surface area contributed by atoms with Gasteiger partial charge in [0, 0.05) is 19.1 Å². The van der Waals surface area contributed by atoms with Crippen molar-refractivity contribution >= 4 is 5.91 Å². The van der Waals surface area contributed by atoms with E-state index < -0.39 is 0 Å². The number of hydrogen-bond acceptors (Lipinski definition) is 3. The van der Waals surface area contributed by atoms with Crippen LogP contribution in [0.15, 0.2) is 0 Å². The zero-order valence-corrected chi connectivity index (χ0v) is 12.0. The van der Waals surface area contributed by atoms with Gasteiger partial charge in [-0.2, -0.15) is 0 Å². The SMILES string of the molecule is CC(C)C1NC(C)N(CCN(C)C(C)C)C1=O. The molecule has 1 saturated heterocycles. The maximum Gasteiger partial charge on any atom is 0.241 e. The first-order chi connectivity index (χ1) is 7.84. The summed E-state index contributed by atoms with van der Waals surface area (Å²) in [7, 11) is 2.10. The maximum absolute atomic E-state index is 12.2. The zero-order valence-electron chi connectivity index (χ0n) is 12.0. The molecule has 4 heteroatoms. The van der Waals surface area contributed by atoms with Crippen molar-refractivity contribution in [1.82, 2.24) is 15.1 Å². The van der Waals surface area contributed by atoms with Crippen LogP contribution in [0.4, 0.5) is 0 Å². The largest absolute Gasteiger partial charge is 0.325 e. The fraction of sp³-hybridized carbons (Fsp3) is 0.923. The summed E-state index contributed by atoms with van der Waals surface area (Å²) in [5.41, 5.74) is 0. The summed E-state index contributed by atoms with van der Waals surface area (Å²) in [4.78, 5) is 16.4. The number of hydrogen-bond donors (Lipinski definition) is 1. The molecule has 4 nitrogen and oxygen atoms in total. The van der Waals surface area contributed by atoms with E-state index >= 15 is 0 Å². The third kappa shape index (κ3) is 3.42. The van der Waals surface area contributed by atoms with Crippen LogP contribution in [0.1, 0.15) is 34.6 Å². The maximum atomic E-state index is 12.2. The van der Waals surface area contributed by atoms with Crippen molar-refractivity contribution in [2.24, 2.45) is 5.92 Å². The molecule has 100 valence electrons. The Morgan fingerprint density at radius 1 is 1.35 bits per heavy atom. The molecule has 0 spiro atoms. The molecule has 0 aromatic carbocycles. The molecule has 0 aromatic heterocycles. The molecular weight excluding hydrogens is 214 g/mol. The Morgan fingerprint density at radius 3 is 2.35 bits per heavy atom. The molecule has 17 heavy (non-hydrogen) atoms. The van der Waals surface area contributed by atoms with Crippen LogP contribution in [0.25, 0.3) is 0 Å². The average molecular weight is 241 g/mol. The Labute approximate surface area is 105 Å². The van der Waals surface area contributed by atoms with Crippen LogP contribution in [0.2, 0.25) is 0 Å². The average Bonchev–Trinajstić information content (AvgIpc) is 2.51. The van der Waals surface area contributed by atoms with E-state index in [1.165, 1.54) is 0 Å². The van der Waals surface area contributed by atoms with Crippen LogP contribution in [-0.4, -0.2) is 54.1 Å². The van der Waals surface area contributed by atoms with Gasteiger partial charge < -0.3 is 9.80 Å². The summed E-state index contributed by atoms with van der Waals surface area (Å²) in [6, 6.07) is 0.520. The first-order valence-electron chi connectivity index (χ1n) is 6.61. The van der Waals surface area contributed by atoms with Crippen LogP contribution in [0.5, 0.6) is 0 Å². The number of rotatable bonds is 5. The summed E-state index contributed by atoms with van der Waals surface area (Å²) >= 11 is 0. The molecule has 1 N–H and O–H groups in total. The highest BCUT2D eigenvalue weighted by molar-refractivity contribution is 5.84. The van der Waals surface area contributed by atoms with Crippen LogP contribution in [-0.2, 0) is 4.79 Å². The highest BCUT2D eigenvalue weighted by Gasteiger charge is 2.37. The molecule has 0 radical (unpaired) electrons. The van der Waals surface area contributed by atoms with E-state index in [-0.39, 0.29) is 18.1 Å². The second-order valence-electron chi connectivity index (χ2n) is 5.67. The standard InChI is InChI=1S/C13H27N3O/c1-9(2)12-13(17)16(11(5)14-12)8-7-15(6)10(3)4/h9-12,14H,7-8H2,1-6H3. The molecule has 2 atom stereocenters. The van der Waals surface area contributed by atoms with Crippen molar-refractivity contribution in [1.29, 1.82) is 0 Å². The minimum atomic E-state index is -0.00523. The Balaban J connectivity index is 2.52. The Hall–Kier alpha value is -0.610. The van der Waals surface area contributed by atoms with Gasteiger partial charge in [0.15, 0.2) is 0 Å². The van der Waals surface area contributed by atoms with Crippen LogP contribution in [0, 0.1) is 5.92 Å². The number of carbonyl (C=O) groups excluding carboxylic acids is 1. The number of nitrogens with zero attached hydrogens (tertiary/aromatic N) is 2. The smallest absolute Gasteiger partial charge is 0.241 e. The van der Waals surface area contributed by atoms with Gasteiger partial charge in [0.1, 0.15) is 0 Å². The highest BCUT2D eigenvalue weighted by Crippen LogP contribution is 2.16. The summed E-state index contributed by atoms with van der Waals surface area (Å²) in [6.07, 6.45) is 0.162. The third-order valence-corrected chi connectivity index (χ3v) is 3.68. The molecule has 1 fully saturated rings. The van der Waals surface area contributed by atoms with E-state index in [1.54, 1.807) is 0 Å². The van der Waals surface area contributed by atoms with Crippen molar-refractivity contribution in [3.8, 4) is 0 Å². The predicted molar refractivity (Wildman–Crippen MR) is 70.7 cm³/mol. The molecule has 0 aliphatic carbocycles. The summed E-state index contributed by atoms with van der Waals surface area (Å²) in [5, 5.41) is 3.36. The lowest BCUT2D eigenvalue weighted by Gasteiger charge is -2.26. The topological polar surface area (TPSA) is 35.6 Å². The Kier molecular flexibility index (Phi) is 4.95. The molecule has 2 unspecified atom stereocenters. The monoisotopic (exact) mass is 241 g/mol. The second-order valence-corrected chi connectivity index (χ2v) is 5.67. The molecule has 1 rings (SSSR count). The van der Waals surface area contributed by atoms with E-state index in [2.05, 4.69) is 51.9 Å². The lowest BCUT2D eigenvalue weighted by Crippen LogP contribution is -2.41. The van der Waals surface area contributed by atoms with Crippen molar-refractivity contribution in [2.45, 2.75) is 52.9 Å². The molecule has 1 aliphatic heterocycles. The fourth-order valence-electron chi connectivity index (χ4n) is 2.10. The van der Waals surface area contributed by atoms with E-state index in [9.17, 15) is 4.79 Å². The van der Waals surface area contributed by atoms with E-state index in [4.69, 9.17) is 0 Å². The van der Waals surface area contributed by atoms with Gasteiger partial charge in [0.2, 0.25) is 5.91 Å². The Morgan fingerprint density at radius 2 is 1.94 bits per heavy atom. The minimum Gasteiger partial charge on any atom is -0.325 e. The first kappa shape index (κ1) is 14.5. The fourth-order valence-corrected chi connectivity index (χ4v) is 2.10. The van der Waals surface area contributed by atoms with Crippen molar-refractivity contribution < 1.29 is 4.79 Å². The van der Waals surface area contributed by atoms with Gasteiger partial charge in [-0.3, -0.25) is 10.1 Å². The van der Waals surface area contributed by atoms with Gasteiger partial charge >= 0.3 is 0 Å². The van der Waals surface area contributed by atoms with Crippen molar-refractivity contribution in [3.63, 3.8) is 0 Å². The molecule has 0 aromatic rings. The molecule has 1 amide bonds. The number of amides is 1. The van der Waals surface area contributed by atoms with Gasteiger partial charge in [-0.05, 0) is 33.7 Å². The first-order valence-corrected chi connectivity index (χ1v) is 6.61. The lowest BCUT2D eigenvalue weighted by molar-refractivity contribution is -0.130. The van der Waals surface area contributed by atoms with E-state index in [0.717, 1.165) is 13.1 Å². The van der Waals surface area contributed by atoms with Crippen LogP contribution in [0.3, 0.4) is 0 Å². The third-order valence-electron chi connectivity index (χ3n) is 3.68. The molecule has 0 saturated carbocycles. The van der Waals surface area contributed by atoms with Crippen LogP contribution < -0.4 is 5.32 Å². The number of carbonyl (C=O) groups is 1. The second kappa shape index (κ2) is 5.83. The summed E-state index contributed by atoms with van der Waals surface area (Å²) < 4.78 is 0.